The minimum absolute atomic E-state index is 0.0114. The molecule has 2 aromatic heterocycles. The van der Waals surface area contributed by atoms with Crippen molar-refractivity contribution in [2.45, 2.75) is 18.9 Å². The number of methoxy groups -OCH3 is 1. The van der Waals surface area contributed by atoms with E-state index < -0.39 is 0 Å². The Kier molecular flexibility index (Phi) is 7.64. The fraction of sp³-hybridized carbons (Fsp3) is 0.323. The van der Waals surface area contributed by atoms with E-state index in [-0.39, 0.29) is 12.0 Å². The highest BCUT2D eigenvalue weighted by molar-refractivity contribution is 7.22. The fourth-order valence-electron chi connectivity index (χ4n) is 5.23. The number of rotatable bonds is 6. The van der Waals surface area contributed by atoms with Crippen LogP contribution in [0.3, 0.4) is 0 Å². The van der Waals surface area contributed by atoms with Gasteiger partial charge in [-0.1, -0.05) is 12.1 Å². The van der Waals surface area contributed by atoms with Crippen LogP contribution in [-0.2, 0) is 4.74 Å². The van der Waals surface area contributed by atoms with Crippen LogP contribution >= 0.6 is 11.3 Å². The van der Waals surface area contributed by atoms with Crippen LogP contribution in [0.4, 0.5) is 0 Å². The molecule has 8 nitrogen and oxygen atoms in total. The zero-order valence-corrected chi connectivity index (χ0v) is 23.1. The lowest BCUT2D eigenvalue weighted by Crippen LogP contribution is -2.46. The second kappa shape index (κ2) is 11.6. The molecule has 40 heavy (non-hydrogen) atoms. The summed E-state index contributed by atoms with van der Waals surface area (Å²) in [5.74, 6) is 1.16. The molecule has 4 heterocycles. The van der Waals surface area contributed by atoms with E-state index in [2.05, 4.69) is 22.4 Å². The standard InChI is InChI=1S/C31H30N4O4S/c1-37-28-17-21(2-4-25(28)31(36)35-12-10-33-11-13-35)29-18-26-30(40-29)24(6-9-34-26)20-3-5-27(22(16-20)19-32)39-23-7-14-38-15-8-23/h2-6,9,16-18,23,33H,7-8,10-15H2,1H3. The molecule has 2 aromatic carbocycles. The molecule has 0 saturated carbocycles. The number of nitrogens with one attached hydrogen (secondary N) is 1. The molecule has 0 aliphatic carbocycles. The summed E-state index contributed by atoms with van der Waals surface area (Å²) in [6.07, 6.45) is 3.51. The van der Waals surface area contributed by atoms with E-state index in [9.17, 15) is 10.1 Å². The fourth-order valence-corrected chi connectivity index (χ4v) is 6.38. The van der Waals surface area contributed by atoms with Gasteiger partial charge in [0, 0.05) is 55.7 Å². The third-order valence-electron chi connectivity index (χ3n) is 7.41. The van der Waals surface area contributed by atoms with Crippen LogP contribution in [0, 0.1) is 11.3 Å². The van der Waals surface area contributed by atoms with Crippen molar-refractivity contribution in [3.8, 4) is 39.1 Å². The van der Waals surface area contributed by atoms with Gasteiger partial charge in [-0.25, -0.2) is 0 Å². The van der Waals surface area contributed by atoms with E-state index in [1.165, 1.54) is 0 Å². The van der Waals surface area contributed by atoms with E-state index in [1.54, 1.807) is 24.6 Å². The summed E-state index contributed by atoms with van der Waals surface area (Å²) in [4.78, 5) is 20.6. The molecular weight excluding hydrogens is 524 g/mol. The van der Waals surface area contributed by atoms with Crippen molar-refractivity contribution in [2.75, 3.05) is 46.5 Å². The number of nitrogens with zero attached hydrogens (tertiary/aromatic N) is 3. The SMILES string of the molecule is COc1cc(-c2cc3nccc(-c4ccc(OC5CCOCC5)c(C#N)c4)c3s2)ccc1C(=O)N1CCNCC1. The van der Waals surface area contributed by atoms with Gasteiger partial charge in [0.25, 0.3) is 5.91 Å². The molecule has 9 heteroatoms. The predicted molar refractivity (Wildman–Crippen MR) is 155 cm³/mol. The minimum atomic E-state index is -0.0114. The van der Waals surface area contributed by atoms with E-state index in [0.29, 0.717) is 48.9 Å². The molecule has 0 unspecified atom stereocenters. The lowest BCUT2D eigenvalue weighted by atomic mass is 10.0. The number of hydrogen-bond acceptors (Lipinski definition) is 8. The zero-order valence-electron chi connectivity index (χ0n) is 22.3. The molecule has 2 fully saturated rings. The van der Waals surface area contributed by atoms with Crippen LogP contribution in [0.1, 0.15) is 28.8 Å². The monoisotopic (exact) mass is 554 g/mol. The molecule has 6 rings (SSSR count). The number of hydrogen-bond donors (Lipinski definition) is 1. The van der Waals surface area contributed by atoms with Gasteiger partial charge >= 0.3 is 0 Å². The Balaban J connectivity index is 1.31. The van der Waals surface area contributed by atoms with Crippen molar-refractivity contribution in [2.24, 2.45) is 0 Å². The van der Waals surface area contributed by atoms with E-state index in [1.807, 2.05) is 47.4 Å². The Labute approximate surface area is 237 Å². The van der Waals surface area contributed by atoms with Crippen molar-refractivity contribution < 1.29 is 19.0 Å². The largest absolute Gasteiger partial charge is 0.496 e. The molecule has 4 aromatic rings. The summed E-state index contributed by atoms with van der Waals surface area (Å²) in [6, 6.07) is 17.9. The van der Waals surface area contributed by atoms with Gasteiger partial charge in [-0.3, -0.25) is 9.78 Å². The summed E-state index contributed by atoms with van der Waals surface area (Å²) in [7, 11) is 1.60. The van der Waals surface area contributed by atoms with Crippen molar-refractivity contribution >= 4 is 27.5 Å². The first-order valence-electron chi connectivity index (χ1n) is 13.5. The van der Waals surface area contributed by atoms with Crippen LogP contribution in [-0.4, -0.2) is 68.4 Å². The maximum absolute atomic E-state index is 13.1. The summed E-state index contributed by atoms with van der Waals surface area (Å²) in [6.45, 7) is 4.33. The van der Waals surface area contributed by atoms with Gasteiger partial charge < -0.3 is 24.4 Å². The highest BCUT2D eigenvalue weighted by atomic mass is 32.1. The third kappa shape index (κ3) is 5.26. The maximum atomic E-state index is 13.1. The summed E-state index contributed by atoms with van der Waals surface area (Å²) in [5, 5.41) is 13.2. The molecule has 1 N–H and O–H groups in total. The van der Waals surface area contributed by atoms with Crippen LogP contribution in [0.2, 0.25) is 0 Å². The lowest BCUT2D eigenvalue weighted by Gasteiger charge is -2.28. The van der Waals surface area contributed by atoms with Gasteiger partial charge in [-0.2, -0.15) is 5.26 Å². The number of benzene rings is 2. The van der Waals surface area contributed by atoms with Gasteiger partial charge in [-0.05, 0) is 47.5 Å². The third-order valence-corrected chi connectivity index (χ3v) is 8.61. The van der Waals surface area contributed by atoms with E-state index in [0.717, 1.165) is 57.7 Å². The van der Waals surface area contributed by atoms with Crippen LogP contribution in [0.25, 0.3) is 31.8 Å². The summed E-state index contributed by atoms with van der Waals surface area (Å²) < 4.78 is 18.3. The summed E-state index contributed by atoms with van der Waals surface area (Å²) in [5.41, 5.74) is 4.86. The average Bonchev–Trinajstić information content (AvgIpc) is 3.46. The topological polar surface area (TPSA) is 96.7 Å². The lowest BCUT2D eigenvalue weighted by molar-refractivity contribution is 0.0254. The molecule has 0 atom stereocenters. The number of carbonyl (C=O) groups is 1. The number of nitriles is 1. The molecule has 0 radical (unpaired) electrons. The van der Waals surface area contributed by atoms with Crippen molar-refractivity contribution in [3.05, 3.63) is 65.9 Å². The molecule has 204 valence electrons. The number of ether oxygens (including phenoxy) is 3. The van der Waals surface area contributed by atoms with Gasteiger partial charge in [0.2, 0.25) is 0 Å². The van der Waals surface area contributed by atoms with Crippen molar-refractivity contribution in [1.29, 1.82) is 5.26 Å². The van der Waals surface area contributed by atoms with Gasteiger partial charge in [0.1, 0.15) is 23.7 Å². The predicted octanol–water partition coefficient (Wildman–Crippen LogP) is 5.11. The first kappa shape index (κ1) is 26.3. The van der Waals surface area contributed by atoms with Crippen molar-refractivity contribution in [1.82, 2.24) is 15.2 Å². The maximum Gasteiger partial charge on any atom is 0.257 e. The molecule has 0 bridgehead atoms. The number of aromatic nitrogens is 1. The second-order valence-corrected chi connectivity index (χ2v) is 10.9. The Morgan fingerprint density at radius 2 is 1.88 bits per heavy atom. The highest BCUT2D eigenvalue weighted by Crippen LogP contribution is 2.40. The average molecular weight is 555 g/mol. The van der Waals surface area contributed by atoms with E-state index in [4.69, 9.17) is 14.2 Å². The number of carbonyl (C=O) groups excluding carboxylic acids is 1. The second-order valence-electron chi connectivity index (χ2n) is 9.89. The van der Waals surface area contributed by atoms with Crippen LogP contribution < -0.4 is 14.8 Å². The smallest absolute Gasteiger partial charge is 0.257 e. The quantitative estimate of drug-likeness (QED) is 0.354. The number of thiophene rings is 1. The molecule has 2 aliphatic rings. The highest BCUT2D eigenvalue weighted by Gasteiger charge is 2.22. The first-order valence-corrected chi connectivity index (χ1v) is 14.3. The Morgan fingerprint density at radius 3 is 2.65 bits per heavy atom. The number of piperazine rings is 1. The first-order chi connectivity index (χ1) is 19.6. The van der Waals surface area contributed by atoms with Gasteiger partial charge in [0.05, 0.1) is 41.7 Å². The van der Waals surface area contributed by atoms with Crippen LogP contribution in [0.5, 0.6) is 11.5 Å². The van der Waals surface area contributed by atoms with E-state index >= 15 is 0 Å². The van der Waals surface area contributed by atoms with Gasteiger partial charge in [0.15, 0.2) is 0 Å². The zero-order chi connectivity index (χ0) is 27.5. The molecule has 1 amide bonds. The Bertz CT molecular complexity index is 1580. The van der Waals surface area contributed by atoms with Gasteiger partial charge in [-0.15, -0.1) is 11.3 Å². The number of amides is 1. The minimum Gasteiger partial charge on any atom is -0.496 e. The molecule has 2 aliphatic heterocycles. The van der Waals surface area contributed by atoms with Crippen molar-refractivity contribution in [3.63, 3.8) is 0 Å². The molecule has 0 spiro atoms. The molecule has 2 saturated heterocycles. The molecular formula is C31H30N4O4S. The summed E-state index contributed by atoms with van der Waals surface area (Å²) >= 11 is 1.63. The Morgan fingerprint density at radius 1 is 1.07 bits per heavy atom. The van der Waals surface area contributed by atoms with Crippen LogP contribution in [0.15, 0.2) is 54.7 Å². The normalized spacial score (nSPS) is 16.1. The number of fused-ring (bicyclic) bond motifs is 1. The number of pyridine rings is 1. The Hall–Kier alpha value is -3.97.